The van der Waals surface area contributed by atoms with Crippen LogP contribution in [0.15, 0.2) is 23.6 Å². The van der Waals surface area contributed by atoms with Crippen LogP contribution in [0, 0.1) is 5.82 Å². The van der Waals surface area contributed by atoms with Crippen molar-refractivity contribution in [2.75, 3.05) is 7.11 Å². The minimum Gasteiger partial charge on any atom is -0.480 e. The van der Waals surface area contributed by atoms with Crippen molar-refractivity contribution in [1.82, 2.24) is 4.37 Å². The normalized spacial score (nSPS) is 10.1. The molecule has 0 aliphatic heterocycles. The minimum atomic E-state index is -0.541. The van der Waals surface area contributed by atoms with Gasteiger partial charge in [0.05, 0.1) is 18.2 Å². The van der Waals surface area contributed by atoms with E-state index in [0.29, 0.717) is 23.3 Å². The minimum absolute atomic E-state index is 0.0287. The van der Waals surface area contributed by atoms with Crippen LogP contribution in [0.1, 0.15) is 10.4 Å². The predicted molar refractivity (Wildman–Crippen MR) is 59.4 cm³/mol. The summed E-state index contributed by atoms with van der Waals surface area (Å²) in [7, 11) is 1.48. The topological polar surface area (TPSA) is 39.2 Å². The van der Waals surface area contributed by atoms with E-state index in [1.54, 1.807) is 17.5 Å². The van der Waals surface area contributed by atoms with E-state index in [4.69, 9.17) is 4.74 Å². The highest BCUT2D eigenvalue weighted by Crippen LogP contribution is 2.33. The van der Waals surface area contributed by atoms with E-state index in [1.807, 2.05) is 0 Å². The maximum atomic E-state index is 13.4. The van der Waals surface area contributed by atoms with Crippen LogP contribution >= 0.6 is 11.5 Å². The smallest absolute Gasteiger partial charge is 0.232 e. The summed E-state index contributed by atoms with van der Waals surface area (Å²) in [6, 6.07) is 4.47. The Kier molecular flexibility index (Phi) is 2.96. The largest absolute Gasteiger partial charge is 0.480 e. The zero-order valence-electron chi connectivity index (χ0n) is 8.44. The first-order valence-electron chi connectivity index (χ1n) is 4.50. The van der Waals surface area contributed by atoms with Gasteiger partial charge in [-0.05, 0) is 17.6 Å². The molecule has 2 rings (SSSR count). The van der Waals surface area contributed by atoms with E-state index < -0.39 is 5.82 Å². The van der Waals surface area contributed by atoms with Gasteiger partial charge in [0.15, 0.2) is 6.29 Å². The molecule has 0 saturated carbocycles. The monoisotopic (exact) mass is 237 g/mol. The van der Waals surface area contributed by atoms with Gasteiger partial charge in [0.25, 0.3) is 0 Å². The van der Waals surface area contributed by atoms with Crippen LogP contribution in [0.2, 0.25) is 0 Å². The number of halogens is 1. The average molecular weight is 237 g/mol. The average Bonchev–Trinajstić information content (AvgIpc) is 2.76. The fourth-order valence-corrected chi connectivity index (χ4v) is 2.10. The van der Waals surface area contributed by atoms with Crippen molar-refractivity contribution >= 4 is 17.8 Å². The van der Waals surface area contributed by atoms with Gasteiger partial charge in [0.1, 0.15) is 5.82 Å². The highest BCUT2D eigenvalue weighted by molar-refractivity contribution is 7.04. The fraction of sp³-hybridized carbons (Fsp3) is 0.0909. The van der Waals surface area contributed by atoms with E-state index in [2.05, 4.69) is 4.37 Å². The molecule has 0 bridgehead atoms. The number of carbonyl (C=O) groups is 1. The zero-order chi connectivity index (χ0) is 11.5. The Hall–Kier alpha value is -1.75. The number of hydrogen-bond acceptors (Lipinski definition) is 4. The second-order valence-electron chi connectivity index (χ2n) is 3.06. The maximum Gasteiger partial charge on any atom is 0.232 e. The molecule has 82 valence electrons. The van der Waals surface area contributed by atoms with Gasteiger partial charge in [-0.2, -0.15) is 4.37 Å². The highest BCUT2D eigenvalue weighted by atomic mass is 32.1. The summed E-state index contributed by atoms with van der Waals surface area (Å²) in [5.74, 6) is -0.139. The van der Waals surface area contributed by atoms with Gasteiger partial charge >= 0.3 is 0 Å². The lowest BCUT2D eigenvalue weighted by Gasteiger charge is -2.05. The van der Waals surface area contributed by atoms with Crippen LogP contribution in [0.4, 0.5) is 4.39 Å². The Morgan fingerprint density at radius 3 is 2.94 bits per heavy atom. The van der Waals surface area contributed by atoms with Gasteiger partial charge < -0.3 is 4.74 Å². The third-order valence-corrected chi connectivity index (χ3v) is 2.80. The number of aromatic nitrogens is 1. The van der Waals surface area contributed by atoms with Gasteiger partial charge in [0.2, 0.25) is 5.88 Å². The molecule has 0 fully saturated rings. The maximum absolute atomic E-state index is 13.4. The third kappa shape index (κ3) is 1.69. The molecule has 0 unspecified atom stereocenters. The molecular formula is C11H8FNO2S. The van der Waals surface area contributed by atoms with E-state index in [9.17, 15) is 9.18 Å². The van der Waals surface area contributed by atoms with Gasteiger partial charge in [-0.25, -0.2) is 4.39 Å². The van der Waals surface area contributed by atoms with E-state index in [1.165, 1.54) is 24.7 Å². The summed E-state index contributed by atoms with van der Waals surface area (Å²) < 4.78 is 22.4. The number of nitrogens with zero attached hydrogens (tertiary/aromatic N) is 1. The van der Waals surface area contributed by atoms with Crippen molar-refractivity contribution in [3.8, 4) is 17.0 Å². The van der Waals surface area contributed by atoms with E-state index >= 15 is 0 Å². The quantitative estimate of drug-likeness (QED) is 0.770. The van der Waals surface area contributed by atoms with Crippen LogP contribution in [0.25, 0.3) is 11.1 Å². The Bertz CT molecular complexity index is 524. The molecular weight excluding hydrogens is 229 g/mol. The molecule has 0 amide bonds. The number of methoxy groups -OCH3 is 1. The Morgan fingerprint density at radius 2 is 2.25 bits per heavy atom. The molecule has 0 aliphatic rings. The Balaban J connectivity index is 2.64. The molecule has 0 saturated heterocycles. The number of ether oxygens (including phenoxy) is 1. The molecule has 0 atom stereocenters. The van der Waals surface area contributed by atoms with Gasteiger partial charge in [0, 0.05) is 10.9 Å². The van der Waals surface area contributed by atoms with Crippen molar-refractivity contribution in [3.63, 3.8) is 0 Å². The van der Waals surface area contributed by atoms with Crippen LogP contribution < -0.4 is 4.74 Å². The summed E-state index contributed by atoms with van der Waals surface area (Å²) in [5.41, 5.74) is 1.16. The summed E-state index contributed by atoms with van der Waals surface area (Å²) in [6.45, 7) is 0. The molecule has 0 aliphatic carbocycles. The van der Waals surface area contributed by atoms with Crippen molar-refractivity contribution in [3.05, 3.63) is 35.0 Å². The summed E-state index contributed by atoms with van der Waals surface area (Å²) in [5, 5.41) is 1.72. The SMILES string of the molecule is COc1nscc1-c1cccc(F)c1C=O. The molecule has 0 radical (unpaired) electrons. The van der Waals surface area contributed by atoms with Gasteiger partial charge in [-0.15, -0.1) is 0 Å². The van der Waals surface area contributed by atoms with E-state index in [-0.39, 0.29) is 5.56 Å². The molecule has 3 nitrogen and oxygen atoms in total. The number of hydrogen-bond donors (Lipinski definition) is 0. The van der Waals surface area contributed by atoms with E-state index in [0.717, 1.165) is 0 Å². The summed E-state index contributed by atoms with van der Waals surface area (Å²) >= 11 is 1.20. The second kappa shape index (κ2) is 4.40. The summed E-state index contributed by atoms with van der Waals surface area (Å²) in [6.07, 6.45) is 0.502. The molecule has 5 heteroatoms. The Labute approximate surface area is 95.7 Å². The number of rotatable bonds is 3. The molecule has 0 spiro atoms. The second-order valence-corrected chi connectivity index (χ2v) is 3.69. The first-order chi connectivity index (χ1) is 7.77. The van der Waals surface area contributed by atoms with Crippen molar-refractivity contribution in [2.24, 2.45) is 0 Å². The van der Waals surface area contributed by atoms with Crippen LogP contribution in [-0.2, 0) is 0 Å². The summed E-state index contributed by atoms with van der Waals surface area (Å²) in [4.78, 5) is 10.8. The van der Waals surface area contributed by atoms with Crippen LogP contribution in [0.5, 0.6) is 5.88 Å². The lowest BCUT2D eigenvalue weighted by molar-refractivity contribution is 0.112. The molecule has 1 heterocycles. The third-order valence-electron chi connectivity index (χ3n) is 2.19. The van der Waals surface area contributed by atoms with Crippen LogP contribution in [0.3, 0.4) is 0 Å². The molecule has 1 aromatic heterocycles. The predicted octanol–water partition coefficient (Wildman–Crippen LogP) is 2.77. The lowest BCUT2D eigenvalue weighted by Crippen LogP contribution is -1.93. The van der Waals surface area contributed by atoms with Gasteiger partial charge in [-0.3, -0.25) is 4.79 Å². The zero-order valence-corrected chi connectivity index (χ0v) is 9.25. The molecule has 16 heavy (non-hydrogen) atoms. The molecule has 1 aromatic carbocycles. The molecule has 0 N–H and O–H groups in total. The lowest BCUT2D eigenvalue weighted by atomic mass is 10.0. The highest BCUT2D eigenvalue weighted by Gasteiger charge is 2.14. The van der Waals surface area contributed by atoms with Crippen molar-refractivity contribution < 1.29 is 13.9 Å². The number of benzene rings is 1. The molecule has 2 aromatic rings. The van der Waals surface area contributed by atoms with Crippen molar-refractivity contribution in [2.45, 2.75) is 0 Å². The van der Waals surface area contributed by atoms with Gasteiger partial charge in [-0.1, -0.05) is 12.1 Å². The van der Waals surface area contributed by atoms with Crippen molar-refractivity contribution in [1.29, 1.82) is 0 Å². The standard InChI is InChI=1S/C11H8FNO2S/c1-15-11-9(6-16-13-11)7-3-2-4-10(12)8(7)5-14/h2-6H,1H3. The first kappa shape index (κ1) is 10.8. The fourth-order valence-electron chi connectivity index (χ4n) is 1.44. The first-order valence-corrected chi connectivity index (χ1v) is 5.34. The number of carbonyl (C=O) groups excluding carboxylic acids is 1. The van der Waals surface area contributed by atoms with Crippen LogP contribution in [-0.4, -0.2) is 17.8 Å². The number of aldehydes is 1. The Morgan fingerprint density at radius 1 is 1.44 bits per heavy atom.